The smallest absolute Gasteiger partial charge is 0.339 e. The van der Waals surface area contributed by atoms with Crippen LogP contribution in [0.4, 0.5) is 10.1 Å². The van der Waals surface area contributed by atoms with Crippen molar-refractivity contribution in [2.45, 2.75) is 12.5 Å². The van der Waals surface area contributed by atoms with Gasteiger partial charge in [-0.15, -0.1) is 0 Å². The summed E-state index contributed by atoms with van der Waals surface area (Å²) in [6.45, 7) is 0. The normalized spacial score (nSPS) is 15.6. The van der Waals surface area contributed by atoms with Crippen LogP contribution in [0.5, 0.6) is 0 Å². The van der Waals surface area contributed by atoms with Gasteiger partial charge in [0.15, 0.2) is 6.10 Å². The van der Waals surface area contributed by atoms with Gasteiger partial charge in [-0.25, -0.2) is 9.18 Å². The number of aliphatic hydroxyl groups is 1. The van der Waals surface area contributed by atoms with Crippen molar-refractivity contribution in [1.82, 2.24) is 0 Å². The van der Waals surface area contributed by atoms with Crippen molar-refractivity contribution in [2.75, 3.05) is 19.1 Å². The first kappa shape index (κ1) is 12.5. The van der Waals surface area contributed by atoms with Crippen LogP contribution in [0.15, 0.2) is 12.1 Å². The maximum Gasteiger partial charge on any atom is 0.339 e. The van der Waals surface area contributed by atoms with Gasteiger partial charge in [-0.05, 0) is 23.3 Å². The number of fused-ring (bicyclic) bond motifs is 1. The second kappa shape index (κ2) is 4.38. The minimum atomic E-state index is -1.55. The Morgan fingerprint density at radius 3 is 2.83 bits per heavy atom. The van der Waals surface area contributed by atoms with Gasteiger partial charge in [0.25, 0.3) is 0 Å². The Kier molecular flexibility index (Phi) is 3.04. The lowest BCUT2D eigenvalue weighted by atomic mass is 10.0. The topological polar surface area (TPSA) is 66.8 Å². The maximum absolute atomic E-state index is 13.8. The largest absolute Gasteiger partial charge is 0.467 e. The molecular weight excluding hydrogens is 241 g/mol. The summed E-state index contributed by atoms with van der Waals surface area (Å²) in [4.78, 5) is 23.9. The molecule has 96 valence electrons. The van der Waals surface area contributed by atoms with Gasteiger partial charge in [-0.1, -0.05) is 0 Å². The molecule has 1 aliphatic rings. The first-order valence-corrected chi connectivity index (χ1v) is 5.30. The average Bonchev–Trinajstić information content (AvgIpc) is 2.63. The Morgan fingerprint density at radius 2 is 2.22 bits per heavy atom. The van der Waals surface area contributed by atoms with Crippen LogP contribution in [0, 0.1) is 5.82 Å². The second-order valence-corrected chi connectivity index (χ2v) is 4.07. The summed E-state index contributed by atoms with van der Waals surface area (Å²) in [6, 6.07) is 2.48. The molecule has 1 atom stereocenters. The highest BCUT2D eigenvalue weighted by Gasteiger charge is 2.30. The van der Waals surface area contributed by atoms with Gasteiger partial charge >= 0.3 is 5.97 Å². The summed E-state index contributed by atoms with van der Waals surface area (Å²) < 4.78 is 18.2. The number of amides is 1. The molecule has 0 aliphatic carbocycles. The molecule has 0 fully saturated rings. The molecule has 2 rings (SSSR count). The van der Waals surface area contributed by atoms with Crippen molar-refractivity contribution < 1.29 is 23.8 Å². The molecule has 1 aromatic carbocycles. The van der Waals surface area contributed by atoms with E-state index >= 15 is 0 Å². The lowest BCUT2D eigenvalue weighted by Crippen LogP contribution is -2.21. The van der Waals surface area contributed by atoms with E-state index in [-0.39, 0.29) is 23.6 Å². The number of aliphatic hydroxyl groups excluding tert-OH is 1. The minimum Gasteiger partial charge on any atom is -0.467 e. The van der Waals surface area contributed by atoms with E-state index in [0.717, 1.165) is 13.2 Å². The fourth-order valence-electron chi connectivity index (χ4n) is 2.00. The van der Waals surface area contributed by atoms with E-state index in [1.807, 2.05) is 0 Å². The van der Waals surface area contributed by atoms with E-state index in [0.29, 0.717) is 5.56 Å². The number of halogens is 1. The van der Waals surface area contributed by atoms with Gasteiger partial charge in [0.05, 0.1) is 19.2 Å². The number of esters is 1. The van der Waals surface area contributed by atoms with Crippen molar-refractivity contribution in [2.24, 2.45) is 0 Å². The number of carbonyl (C=O) groups excluding carboxylic acids is 2. The number of rotatable bonds is 2. The Bertz CT molecular complexity index is 529. The minimum absolute atomic E-state index is 0.0600. The van der Waals surface area contributed by atoms with E-state index in [1.165, 1.54) is 18.0 Å². The molecule has 0 spiro atoms. The highest BCUT2D eigenvalue weighted by Crippen LogP contribution is 2.33. The predicted octanol–water partition coefficient (Wildman–Crippen LogP) is 0.551. The Labute approximate surface area is 103 Å². The molecule has 0 saturated carbocycles. The zero-order valence-corrected chi connectivity index (χ0v) is 9.94. The molecule has 1 amide bonds. The summed E-state index contributed by atoms with van der Waals surface area (Å²) in [5.74, 6) is -1.74. The van der Waals surface area contributed by atoms with Gasteiger partial charge in [0.1, 0.15) is 5.82 Å². The zero-order valence-electron chi connectivity index (χ0n) is 9.94. The van der Waals surface area contributed by atoms with Crippen molar-refractivity contribution in [3.05, 3.63) is 29.1 Å². The van der Waals surface area contributed by atoms with Gasteiger partial charge < -0.3 is 14.7 Å². The van der Waals surface area contributed by atoms with Crippen molar-refractivity contribution >= 4 is 17.6 Å². The molecule has 18 heavy (non-hydrogen) atoms. The monoisotopic (exact) mass is 253 g/mol. The zero-order chi connectivity index (χ0) is 13.4. The van der Waals surface area contributed by atoms with Crippen LogP contribution < -0.4 is 4.90 Å². The molecule has 0 saturated heterocycles. The molecule has 1 aromatic rings. The summed E-state index contributed by atoms with van der Waals surface area (Å²) in [5, 5.41) is 9.64. The van der Waals surface area contributed by atoms with E-state index in [9.17, 15) is 19.1 Å². The molecule has 1 heterocycles. The quantitative estimate of drug-likeness (QED) is 0.782. The van der Waals surface area contributed by atoms with Gasteiger partial charge in [-0.3, -0.25) is 4.79 Å². The first-order valence-electron chi connectivity index (χ1n) is 5.30. The summed E-state index contributed by atoms with van der Waals surface area (Å²) in [5.41, 5.74) is 0.738. The van der Waals surface area contributed by atoms with Crippen molar-refractivity contribution in [1.29, 1.82) is 0 Å². The highest BCUT2D eigenvalue weighted by atomic mass is 19.1. The number of hydrogen-bond donors (Lipinski definition) is 1. The average molecular weight is 253 g/mol. The van der Waals surface area contributed by atoms with E-state index < -0.39 is 17.9 Å². The number of nitrogens with zero attached hydrogens (tertiary/aromatic N) is 1. The molecule has 0 radical (unpaired) electrons. The SMILES string of the molecule is COC(=O)C(O)c1cc(F)c2c(c1)CC(=O)N2C. The third-order valence-corrected chi connectivity index (χ3v) is 2.96. The van der Waals surface area contributed by atoms with Crippen LogP contribution in [0.25, 0.3) is 0 Å². The summed E-state index contributed by atoms with van der Waals surface area (Å²) in [6.07, 6.45) is -1.49. The fraction of sp³-hybridized carbons (Fsp3) is 0.333. The number of methoxy groups -OCH3 is 1. The number of likely N-dealkylation sites (N-methyl/N-ethyl adjacent to an activating group) is 1. The van der Waals surface area contributed by atoms with Crippen LogP contribution in [0.1, 0.15) is 17.2 Å². The van der Waals surface area contributed by atoms with Gasteiger partial charge in [0.2, 0.25) is 5.91 Å². The van der Waals surface area contributed by atoms with Crippen molar-refractivity contribution in [3.8, 4) is 0 Å². The molecule has 6 heteroatoms. The maximum atomic E-state index is 13.8. The molecule has 5 nitrogen and oxygen atoms in total. The highest BCUT2D eigenvalue weighted by molar-refractivity contribution is 6.01. The molecule has 1 aliphatic heterocycles. The first-order chi connectivity index (χ1) is 8.45. The third kappa shape index (κ3) is 1.84. The fourth-order valence-corrected chi connectivity index (χ4v) is 2.00. The standard InChI is InChI=1S/C12H12FNO4/c1-14-9(15)5-6-3-7(4-8(13)10(6)14)11(16)12(17)18-2/h3-4,11,16H,5H2,1-2H3. The molecule has 0 aromatic heterocycles. The Morgan fingerprint density at radius 1 is 1.56 bits per heavy atom. The van der Waals surface area contributed by atoms with E-state index in [2.05, 4.69) is 4.74 Å². The Balaban J connectivity index is 2.44. The van der Waals surface area contributed by atoms with Crippen LogP contribution in [-0.4, -0.2) is 31.1 Å². The van der Waals surface area contributed by atoms with Gasteiger partial charge in [0, 0.05) is 7.05 Å². The summed E-state index contributed by atoms with van der Waals surface area (Å²) in [7, 11) is 2.61. The second-order valence-electron chi connectivity index (χ2n) is 4.07. The molecular formula is C12H12FNO4. The van der Waals surface area contributed by atoms with Crippen LogP contribution in [0.2, 0.25) is 0 Å². The predicted molar refractivity (Wildman–Crippen MR) is 60.5 cm³/mol. The Hall–Kier alpha value is -1.95. The molecule has 0 bridgehead atoms. The van der Waals surface area contributed by atoms with Crippen LogP contribution in [0.3, 0.4) is 0 Å². The number of benzene rings is 1. The van der Waals surface area contributed by atoms with Gasteiger partial charge in [-0.2, -0.15) is 0 Å². The number of ether oxygens (including phenoxy) is 1. The van der Waals surface area contributed by atoms with E-state index in [4.69, 9.17) is 0 Å². The van der Waals surface area contributed by atoms with Crippen LogP contribution >= 0.6 is 0 Å². The summed E-state index contributed by atoms with van der Waals surface area (Å²) >= 11 is 0. The third-order valence-electron chi connectivity index (χ3n) is 2.96. The lowest BCUT2D eigenvalue weighted by Gasteiger charge is -2.14. The molecule has 1 unspecified atom stereocenters. The molecule has 1 N–H and O–H groups in total. The number of carbonyl (C=O) groups is 2. The number of hydrogen-bond acceptors (Lipinski definition) is 4. The van der Waals surface area contributed by atoms with Crippen molar-refractivity contribution in [3.63, 3.8) is 0 Å². The lowest BCUT2D eigenvalue weighted by molar-refractivity contribution is -0.150. The van der Waals surface area contributed by atoms with Crippen LogP contribution in [-0.2, 0) is 20.7 Å². The number of anilines is 1. The van der Waals surface area contributed by atoms with E-state index in [1.54, 1.807) is 0 Å².